The van der Waals surface area contributed by atoms with Gasteiger partial charge in [0, 0.05) is 36.3 Å². The number of carbonyl (C=O) groups is 2. The standard InChI is InChI=1S/C16H20N2O4S2.CH4/c1-21-15(19)13(17-7-3-4-8-17)11-23-24-12-14(16(20)22-2)18-9-5-6-10-18;/h3-10,13-14H,11-12H2,1-2H3;1H4/t13-,14-;/m0./s1. The van der Waals surface area contributed by atoms with Crippen molar-refractivity contribution in [3.05, 3.63) is 49.1 Å². The van der Waals surface area contributed by atoms with Gasteiger partial charge in [-0.3, -0.25) is 0 Å². The first-order chi connectivity index (χ1) is 11.7. The number of ether oxygens (including phenoxy) is 2. The SMILES string of the molecule is C.COC(=O)[C@H](CSSC[C@@H](C(=O)OC)n1cccc1)n1cccc1. The largest absolute Gasteiger partial charge is 0.467 e. The molecule has 0 aliphatic heterocycles. The topological polar surface area (TPSA) is 62.5 Å². The number of hydrogen-bond donors (Lipinski definition) is 0. The zero-order chi connectivity index (χ0) is 17.4. The molecule has 0 radical (unpaired) electrons. The molecule has 2 heterocycles. The van der Waals surface area contributed by atoms with Gasteiger partial charge < -0.3 is 18.6 Å². The van der Waals surface area contributed by atoms with E-state index in [0.29, 0.717) is 11.5 Å². The van der Waals surface area contributed by atoms with Crippen LogP contribution in [0.1, 0.15) is 19.5 Å². The highest BCUT2D eigenvalue weighted by Crippen LogP contribution is 2.30. The molecule has 0 saturated heterocycles. The molecule has 138 valence electrons. The van der Waals surface area contributed by atoms with Gasteiger partial charge in [-0.15, -0.1) is 0 Å². The molecule has 0 saturated carbocycles. The normalized spacial score (nSPS) is 12.7. The molecule has 0 amide bonds. The van der Waals surface area contributed by atoms with Crippen molar-refractivity contribution in [3.8, 4) is 0 Å². The summed E-state index contributed by atoms with van der Waals surface area (Å²) in [5.74, 6) is 0.528. The van der Waals surface area contributed by atoms with Crippen LogP contribution in [0, 0.1) is 0 Å². The molecule has 0 aromatic carbocycles. The molecule has 0 bridgehead atoms. The van der Waals surface area contributed by atoms with E-state index in [1.807, 2.05) is 58.2 Å². The van der Waals surface area contributed by atoms with E-state index in [1.165, 1.54) is 35.8 Å². The third-order valence-electron chi connectivity index (χ3n) is 3.46. The second kappa shape index (κ2) is 10.9. The molecule has 0 spiro atoms. The molecule has 25 heavy (non-hydrogen) atoms. The molecule has 0 N–H and O–H groups in total. The second-order valence-electron chi connectivity index (χ2n) is 4.91. The molecule has 6 nitrogen and oxygen atoms in total. The van der Waals surface area contributed by atoms with E-state index >= 15 is 0 Å². The number of nitrogens with zero attached hydrogens (tertiary/aromatic N) is 2. The summed E-state index contributed by atoms with van der Waals surface area (Å²) < 4.78 is 13.4. The monoisotopic (exact) mass is 384 g/mol. The first-order valence-electron chi connectivity index (χ1n) is 7.32. The summed E-state index contributed by atoms with van der Waals surface area (Å²) in [5.41, 5.74) is 0. The Morgan fingerprint density at radius 3 is 1.40 bits per heavy atom. The van der Waals surface area contributed by atoms with E-state index in [1.54, 1.807) is 0 Å². The highest BCUT2D eigenvalue weighted by atomic mass is 33.1. The number of aromatic nitrogens is 2. The molecule has 2 aromatic heterocycles. The minimum atomic E-state index is -0.384. The van der Waals surface area contributed by atoms with Gasteiger partial charge in [-0.2, -0.15) is 0 Å². The molecule has 0 unspecified atom stereocenters. The first kappa shape index (κ1) is 21.2. The average molecular weight is 385 g/mol. The second-order valence-corrected chi connectivity index (χ2v) is 7.46. The van der Waals surface area contributed by atoms with Gasteiger partial charge in [-0.05, 0) is 24.3 Å². The van der Waals surface area contributed by atoms with Crippen molar-refractivity contribution >= 4 is 33.5 Å². The summed E-state index contributed by atoms with van der Waals surface area (Å²) in [6.07, 6.45) is 7.35. The molecule has 2 atom stereocenters. The number of esters is 2. The van der Waals surface area contributed by atoms with Crippen LogP contribution in [0.2, 0.25) is 0 Å². The molecule has 2 rings (SSSR count). The third kappa shape index (κ3) is 5.89. The van der Waals surface area contributed by atoms with Crippen LogP contribution < -0.4 is 0 Å². The maximum absolute atomic E-state index is 11.9. The minimum absolute atomic E-state index is 0. The first-order valence-corrected chi connectivity index (χ1v) is 9.81. The summed E-state index contributed by atoms with van der Waals surface area (Å²) in [4.78, 5) is 23.9. The van der Waals surface area contributed by atoms with E-state index in [0.717, 1.165) is 0 Å². The Morgan fingerprint density at radius 2 is 1.12 bits per heavy atom. The van der Waals surface area contributed by atoms with Gasteiger partial charge in [-0.1, -0.05) is 29.0 Å². The molecule has 0 aliphatic rings. The van der Waals surface area contributed by atoms with Crippen LogP contribution in [0.5, 0.6) is 0 Å². The minimum Gasteiger partial charge on any atom is -0.467 e. The van der Waals surface area contributed by atoms with Gasteiger partial charge in [0.2, 0.25) is 0 Å². The predicted octanol–water partition coefficient (Wildman–Crippen LogP) is 3.44. The number of carbonyl (C=O) groups excluding carboxylic acids is 2. The summed E-state index contributed by atoms with van der Waals surface area (Å²) in [6, 6.07) is 6.71. The molecule has 8 heteroatoms. The van der Waals surface area contributed by atoms with Gasteiger partial charge in [0.15, 0.2) is 0 Å². The van der Waals surface area contributed by atoms with Crippen LogP contribution in [0.15, 0.2) is 49.1 Å². The number of hydrogen-bond acceptors (Lipinski definition) is 6. The van der Waals surface area contributed by atoms with Gasteiger partial charge in [0.25, 0.3) is 0 Å². The maximum Gasteiger partial charge on any atom is 0.329 e. The van der Waals surface area contributed by atoms with Crippen LogP contribution in [0.4, 0.5) is 0 Å². The average Bonchev–Trinajstić information content (AvgIpc) is 3.30. The fourth-order valence-electron chi connectivity index (χ4n) is 2.16. The molecule has 0 fully saturated rings. The Hall–Kier alpha value is -1.80. The van der Waals surface area contributed by atoms with E-state index in [4.69, 9.17) is 9.47 Å². The Balaban J connectivity index is 0.00000312. The van der Waals surface area contributed by atoms with E-state index < -0.39 is 0 Å². The van der Waals surface area contributed by atoms with Crippen LogP contribution in [-0.4, -0.2) is 46.8 Å². The summed E-state index contributed by atoms with van der Waals surface area (Å²) >= 11 is 0. The lowest BCUT2D eigenvalue weighted by Gasteiger charge is -2.18. The molecular weight excluding hydrogens is 360 g/mol. The fourth-order valence-corrected chi connectivity index (χ4v) is 4.58. The highest BCUT2D eigenvalue weighted by Gasteiger charge is 2.23. The van der Waals surface area contributed by atoms with Crippen molar-refractivity contribution in [1.29, 1.82) is 0 Å². The van der Waals surface area contributed by atoms with Crippen molar-refractivity contribution in [2.45, 2.75) is 19.5 Å². The Bertz CT molecular complexity index is 573. The van der Waals surface area contributed by atoms with Crippen molar-refractivity contribution in [2.75, 3.05) is 25.7 Å². The lowest BCUT2D eigenvalue weighted by atomic mass is 10.3. The summed E-state index contributed by atoms with van der Waals surface area (Å²) in [6.45, 7) is 0. The Kier molecular flexibility index (Phi) is 9.30. The van der Waals surface area contributed by atoms with Crippen molar-refractivity contribution < 1.29 is 19.1 Å². The van der Waals surface area contributed by atoms with E-state index in [2.05, 4.69) is 0 Å². The van der Waals surface area contributed by atoms with Crippen LogP contribution in [-0.2, 0) is 19.1 Å². The predicted molar refractivity (Wildman–Crippen MR) is 103 cm³/mol. The van der Waals surface area contributed by atoms with E-state index in [9.17, 15) is 9.59 Å². The van der Waals surface area contributed by atoms with Gasteiger partial charge in [0.1, 0.15) is 12.1 Å². The van der Waals surface area contributed by atoms with Gasteiger partial charge in [0.05, 0.1) is 14.2 Å². The van der Waals surface area contributed by atoms with Crippen LogP contribution in [0.25, 0.3) is 0 Å². The van der Waals surface area contributed by atoms with Gasteiger partial charge >= 0.3 is 11.9 Å². The molecule has 2 aromatic rings. The zero-order valence-electron chi connectivity index (χ0n) is 13.5. The molecular formula is C17H24N2O4S2. The highest BCUT2D eigenvalue weighted by molar-refractivity contribution is 8.76. The summed E-state index contributed by atoms with van der Waals surface area (Å²) in [7, 11) is 5.83. The van der Waals surface area contributed by atoms with Crippen molar-refractivity contribution in [1.82, 2.24) is 9.13 Å². The van der Waals surface area contributed by atoms with E-state index in [-0.39, 0.29) is 31.4 Å². The quantitative estimate of drug-likeness (QED) is 0.375. The number of methoxy groups -OCH3 is 2. The Labute approximate surface area is 156 Å². The smallest absolute Gasteiger partial charge is 0.329 e. The number of rotatable bonds is 9. The van der Waals surface area contributed by atoms with Crippen molar-refractivity contribution in [2.24, 2.45) is 0 Å². The molecule has 0 aliphatic carbocycles. The van der Waals surface area contributed by atoms with Crippen LogP contribution in [0.3, 0.4) is 0 Å². The Morgan fingerprint density at radius 1 is 0.800 bits per heavy atom. The zero-order valence-corrected chi connectivity index (χ0v) is 15.2. The fraction of sp³-hybridized carbons (Fsp3) is 0.412. The third-order valence-corrected chi connectivity index (χ3v) is 5.84. The summed E-state index contributed by atoms with van der Waals surface area (Å²) in [5, 5.41) is 0. The van der Waals surface area contributed by atoms with Crippen molar-refractivity contribution in [3.63, 3.8) is 0 Å². The lowest BCUT2D eigenvalue weighted by molar-refractivity contribution is -0.144. The maximum atomic E-state index is 11.9. The van der Waals surface area contributed by atoms with Crippen LogP contribution >= 0.6 is 21.6 Å². The van der Waals surface area contributed by atoms with Gasteiger partial charge in [-0.25, -0.2) is 9.59 Å². The lowest BCUT2D eigenvalue weighted by Crippen LogP contribution is -2.23.